The summed E-state index contributed by atoms with van der Waals surface area (Å²) in [6.45, 7) is 4.72. The number of benzene rings is 2. The van der Waals surface area contributed by atoms with Crippen LogP contribution in [0.4, 0.5) is 29.5 Å². The molecule has 13 heteroatoms. The van der Waals surface area contributed by atoms with Crippen LogP contribution >= 0.6 is 0 Å². The van der Waals surface area contributed by atoms with Crippen molar-refractivity contribution in [1.29, 1.82) is 0 Å². The topological polar surface area (TPSA) is 132 Å². The zero-order chi connectivity index (χ0) is 30.8. The molecule has 0 unspecified atom stereocenters. The summed E-state index contributed by atoms with van der Waals surface area (Å²) in [6, 6.07) is 6.60. The molecule has 0 atom stereocenters. The van der Waals surface area contributed by atoms with Crippen molar-refractivity contribution in [2.24, 2.45) is 0 Å². The van der Waals surface area contributed by atoms with Gasteiger partial charge in [-0.2, -0.15) is 5.10 Å². The number of nitrogens with zero attached hydrogens (tertiary/aromatic N) is 4. The van der Waals surface area contributed by atoms with Gasteiger partial charge in [-0.15, -0.1) is 0 Å². The predicted octanol–water partition coefficient (Wildman–Crippen LogP) is 5.02. The van der Waals surface area contributed by atoms with E-state index in [2.05, 4.69) is 15.4 Å². The first-order valence-electron chi connectivity index (χ1n) is 13.0. The number of fused-ring (bicyclic) bond motifs is 1. The highest BCUT2D eigenvalue weighted by atomic mass is 19.1. The van der Waals surface area contributed by atoms with E-state index in [0.717, 1.165) is 17.0 Å². The van der Waals surface area contributed by atoms with E-state index in [1.165, 1.54) is 61.3 Å². The van der Waals surface area contributed by atoms with Crippen molar-refractivity contribution < 1.29 is 32.3 Å². The van der Waals surface area contributed by atoms with Crippen LogP contribution in [0.15, 0.2) is 54.4 Å². The number of ketones is 1. The van der Waals surface area contributed by atoms with Crippen LogP contribution in [0.25, 0.3) is 11.8 Å². The second kappa shape index (κ2) is 9.82. The minimum Gasteiger partial charge on any atom is -0.433 e. The lowest BCUT2D eigenvalue weighted by Gasteiger charge is -2.17. The number of imide groups is 1. The number of Topliss-reactive ketones (excluding diaryl/α,β-unsaturated/α-hetero) is 1. The molecule has 4 aromatic rings. The molecule has 43 heavy (non-hydrogen) atoms. The molecule has 1 aliphatic carbocycles. The monoisotopic (exact) mass is 588 g/mol. The second-order valence-corrected chi connectivity index (χ2v) is 10.7. The van der Waals surface area contributed by atoms with E-state index in [1.807, 2.05) is 0 Å². The first kappa shape index (κ1) is 27.7. The van der Waals surface area contributed by atoms with E-state index in [0.29, 0.717) is 28.0 Å². The zero-order valence-corrected chi connectivity index (χ0v) is 23.0. The Kier molecular flexibility index (Phi) is 6.33. The fourth-order valence-corrected chi connectivity index (χ4v) is 5.02. The van der Waals surface area contributed by atoms with E-state index in [1.54, 1.807) is 6.92 Å². The number of aromatic nitrogens is 3. The molecule has 3 amide bonds. The van der Waals surface area contributed by atoms with Crippen molar-refractivity contribution in [2.45, 2.75) is 32.7 Å². The molecule has 1 fully saturated rings. The number of halogens is 3. The normalized spacial score (nSPS) is 15.4. The van der Waals surface area contributed by atoms with Gasteiger partial charge in [0.05, 0.1) is 29.3 Å². The quantitative estimate of drug-likeness (QED) is 0.239. The van der Waals surface area contributed by atoms with Crippen LogP contribution in [0.5, 0.6) is 11.6 Å². The largest absolute Gasteiger partial charge is 0.433 e. The number of aryl methyl sites for hydroxylation is 1. The van der Waals surface area contributed by atoms with Gasteiger partial charge in [0.2, 0.25) is 11.6 Å². The highest BCUT2D eigenvalue weighted by Crippen LogP contribution is 2.36. The van der Waals surface area contributed by atoms with Gasteiger partial charge in [-0.3, -0.25) is 9.59 Å². The summed E-state index contributed by atoms with van der Waals surface area (Å²) < 4.78 is 49.6. The zero-order valence-electron chi connectivity index (χ0n) is 23.0. The average Bonchev–Trinajstić information content (AvgIpc) is 3.58. The molecule has 218 valence electrons. The summed E-state index contributed by atoms with van der Waals surface area (Å²) in [5.41, 5.74) is 7.24. The molecule has 1 aliphatic heterocycles. The number of ether oxygens (including phenoxy) is 1. The maximum absolute atomic E-state index is 15.1. The highest BCUT2D eigenvalue weighted by Gasteiger charge is 2.46. The Labute approximate surface area is 242 Å². The van der Waals surface area contributed by atoms with Gasteiger partial charge in [0.15, 0.2) is 17.4 Å². The Morgan fingerprint density at radius 1 is 1.05 bits per heavy atom. The van der Waals surface area contributed by atoms with Crippen LogP contribution in [0.2, 0.25) is 0 Å². The van der Waals surface area contributed by atoms with Gasteiger partial charge in [0, 0.05) is 18.1 Å². The SMILES string of the molecule is Cc1cc(Oc2c(F)cccc2F)ncc1-n1ncc(C(=O)C2=Cc3cc(F)c(N4C(=O)NC(C)(C)C4=O)cc3C2)c1N. The third-order valence-electron chi connectivity index (χ3n) is 7.28. The number of nitrogens with two attached hydrogens (primary N) is 1. The van der Waals surface area contributed by atoms with E-state index >= 15 is 4.39 Å². The lowest BCUT2D eigenvalue weighted by atomic mass is 10.0. The standard InChI is InChI=1S/C30H23F3N6O4/c1-14-7-24(43-26-19(31)5-4-6-20(26)32)35-13-23(14)39-27(34)18(12-36-39)25(40)17-8-15-10-21(33)22(11-16(15)9-17)38-28(41)30(2,3)37-29(38)42/h4-8,10-13H,9,34H2,1-3H3,(H,37,42). The third-order valence-corrected chi connectivity index (χ3v) is 7.28. The van der Waals surface area contributed by atoms with Gasteiger partial charge in [-0.1, -0.05) is 6.07 Å². The number of allylic oxidation sites excluding steroid dienone is 1. The fraction of sp³-hybridized carbons (Fsp3) is 0.167. The summed E-state index contributed by atoms with van der Waals surface area (Å²) >= 11 is 0. The molecule has 2 aromatic carbocycles. The van der Waals surface area contributed by atoms with Gasteiger partial charge in [0.1, 0.15) is 17.2 Å². The molecule has 0 radical (unpaired) electrons. The van der Waals surface area contributed by atoms with Crippen LogP contribution in [-0.4, -0.2) is 38.0 Å². The first-order valence-corrected chi connectivity index (χ1v) is 13.0. The average molecular weight is 589 g/mol. The van der Waals surface area contributed by atoms with Gasteiger partial charge in [-0.05, 0) is 67.8 Å². The number of para-hydroxylation sites is 1. The number of carbonyl (C=O) groups excluding carboxylic acids is 3. The van der Waals surface area contributed by atoms with Crippen molar-refractivity contribution in [2.75, 3.05) is 10.6 Å². The highest BCUT2D eigenvalue weighted by molar-refractivity contribution is 6.23. The summed E-state index contributed by atoms with van der Waals surface area (Å²) in [6.07, 6.45) is 4.27. The summed E-state index contributed by atoms with van der Waals surface area (Å²) in [5, 5.41) is 6.75. The van der Waals surface area contributed by atoms with Crippen LogP contribution < -0.4 is 20.7 Å². The number of carbonyl (C=O) groups is 3. The van der Waals surface area contributed by atoms with Crippen molar-refractivity contribution in [3.8, 4) is 17.3 Å². The molecular weight excluding hydrogens is 565 g/mol. The number of hydrogen-bond acceptors (Lipinski definition) is 7. The Morgan fingerprint density at radius 2 is 1.77 bits per heavy atom. The van der Waals surface area contributed by atoms with Crippen LogP contribution in [-0.2, 0) is 11.2 Å². The maximum atomic E-state index is 15.1. The molecule has 0 saturated carbocycles. The Hall–Kier alpha value is -5.46. The van der Waals surface area contributed by atoms with E-state index in [9.17, 15) is 23.2 Å². The second-order valence-electron chi connectivity index (χ2n) is 10.7. The van der Waals surface area contributed by atoms with E-state index < -0.39 is 46.5 Å². The lowest BCUT2D eigenvalue weighted by Crippen LogP contribution is -2.40. The number of nitrogen functional groups attached to an aromatic ring is 1. The molecule has 10 nitrogen and oxygen atoms in total. The number of nitrogens with one attached hydrogen (secondary N) is 1. The Morgan fingerprint density at radius 3 is 2.42 bits per heavy atom. The van der Waals surface area contributed by atoms with Crippen LogP contribution in [0, 0.1) is 24.4 Å². The molecule has 6 rings (SSSR count). The predicted molar refractivity (Wildman–Crippen MR) is 149 cm³/mol. The summed E-state index contributed by atoms with van der Waals surface area (Å²) in [5.74, 6) is -4.25. The van der Waals surface area contributed by atoms with E-state index in [4.69, 9.17) is 10.5 Å². The number of rotatable bonds is 6. The van der Waals surface area contributed by atoms with Gasteiger partial charge < -0.3 is 15.8 Å². The first-order chi connectivity index (χ1) is 20.4. The molecular formula is C30H23F3N6O4. The molecule has 0 bridgehead atoms. The van der Waals surface area contributed by atoms with Crippen LogP contribution in [0.3, 0.4) is 0 Å². The molecule has 3 N–H and O–H groups in total. The maximum Gasteiger partial charge on any atom is 0.329 e. The molecule has 2 aliphatic rings. The van der Waals surface area contributed by atoms with Crippen molar-refractivity contribution >= 4 is 35.3 Å². The smallest absolute Gasteiger partial charge is 0.329 e. The fourth-order valence-electron chi connectivity index (χ4n) is 5.02. The number of urea groups is 1. The van der Waals surface area contributed by atoms with Crippen LogP contribution in [0.1, 0.15) is 40.9 Å². The van der Waals surface area contributed by atoms with Gasteiger partial charge >= 0.3 is 6.03 Å². The van der Waals surface area contributed by atoms with Crippen molar-refractivity contribution in [3.63, 3.8) is 0 Å². The molecule has 1 saturated heterocycles. The molecule has 3 heterocycles. The molecule has 2 aromatic heterocycles. The minimum atomic E-state index is -1.18. The number of anilines is 2. The van der Waals surface area contributed by atoms with Crippen molar-refractivity contribution in [3.05, 3.63) is 94.1 Å². The molecule has 0 spiro atoms. The van der Waals surface area contributed by atoms with E-state index in [-0.39, 0.29) is 29.4 Å². The number of pyridine rings is 1. The van der Waals surface area contributed by atoms with Gasteiger partial charge in [0.25, 0.3) is 5.91 Å². The Balaban J connectivity index is 1.23. The van der Waals surface area contributed by atoms with Crippen molar-refractivity contribution in [1.82, 2.24) is 20.1 Å². The Bertz CT molecular complexity index is 1900. The third kappa shape index (κ3) is 4.58. The number of hydrogen-bond donors (Lipinski definition) is 2. The lowest BCUT2D eigenvalue weighted by molar-refractivity contribution is -0.121. The minimum absolute atomic E-state index is 0.00834. The summed E-state index contributed by atoms with van der Waals surface area (Å²) in [4.78, 5) is 43.4. The number of amides is 3. The van der Waals surface area contributed by atoms with Gasteiger partial charge in [-0.25, -0.2) is 32.5 Å². The summed E-state index contributed by atoms with van der Waals surface area (Å²) in [7, 11) is 0.